The summed E-state index contributed by atoms with van der Waals surface area (Å²) in [6.45, 7) is 1.90. The molecule has 3 heterocycles. The van der Waals surface area contributed by atoms with Crippen LogP contribution in [0, 0.1) is 5.41 Å². The molecule has 0 aliphatic carbocycles. The van der Waals surface area contributed by atoms with Gasteiger partial charge in [0.05, 0.1) is 11.8 Å². The number of amides is 2. The van der Waals surface area contributed by atoms with Gasteiger partial charge < -0.3 is 11.1 Å². The van der Waals surface area contributed by atoms with Crippen molar-refractivity contribution in [2.24, 2.45) is 0 Å². The van der Waals surface area contributed by atoms with E-state index in [1.165, 1.54) is 18.6 Å². The smallest absolute Gasteiger partial charge is 0.320 e. The van der Waals surface area contributed by atoms with Crippen molar-refractivity contribution >= 4 is 28.9 Å². The third kappa shape index (κ3) is 3.95. The molecule has 4 rings (SSSR count). The fraction of sp³-hybridized carbons (Fsp3) is 0.0952. The van der Waals surface area contributed by atoms with Gasteiger partial charge in [0.2, 0.25) is 0 Å². The monoisotopic (exact) mass is 400 g/mol. The van der Waals surface area contributed by atoms with E-state index in [0.29, 0.717) is 28.3 Å². The normalized spacial score (nSPS) is 11.8. The van der Waals surface area contributed by atoms with Crippen molar-refractivity contribution in [1.29, 1.82) is 5.41 Å². The number of nitrogen functional groups attached to an aromatic ring is 1. The first kappa shape index (κ1) is 19.1. The molecule has 4 aromatic rings. The van der Waals surface area contributed by atoms with Crippen LogP contribution < -0.4 is 16.4 Å². The Hall–Kier alpha value is -4.27. The lowest BCUT2D eigenvalue weighted by Crippen LogP contribution is -2.31. The van der Waals surface area contributed by atoms with E-state index in [4.69, 9.17) is 11.1 Å². The van der Waals surface area contributed by atoms with Gasteiger partial charge in [0, 0.05) is 35.3 Å². The van der Waals surface area contributed by atoms with Gasteiger partial charge in [-0.05, 0) is 24.6 Å². The van der Waals surface area contributed by atoms with Gasteiger partial charge in [0.15, 0.2) is 5.65 Å². The largest absolute Gasteiger partial charge is 0.398 e. The molecule has 9 nitrogen and oxygen atoms in total. The number of fused-ring (bicyclic) bond motifs is 1. The summed E-state index contributed by atoms with van der Waals surface area (Å²) in [5.74, 6) is 0.301. The first-order chi connectivity index (χ1) is 14.5. The van der Waals surface area contributed by atoms with Crippen LogP contribution in [0.5, 0.6) is 0 Å². The number of hydrogen-bond acceptors (Lipinski definition) is 6. The van der Waals surface area contributed by atoms with Crippen molar-refractivity contribution in [1.82, 2.24) is 24.9 Å². The molecule has 0 aliphatic rings. The summed E-state index contributed by atoms with van der Waals surface area (Å²) in [5.41, 5.74) is 9.40. The van der Waals surface area contributed by atoms with Crippen molar-refractivity contribution in [2.45, 2.75) is 13.0 Å². The van der Waals surface area contributed by atoms with Crippen molar-refractivity contribution < 1.29 is 4.79 Å². The number of pyridine rings is 2. The third-order valence-corrected chi connectivity index (χ3v) is 4.66. The number of anilines is 2. The molecule has 150 valence electrons. The Labute approximate surface area is 172 Å². The Balaban J connectivity index is 1.46. The van der Waals surface area contributed by atoms with E-state index in [0.717, 1.165) is 5.56 Å². The number of urea groups is 1. The molecule has 0 radical (unpaired) electrons. The highest BCUT2D eigenvalue weighted by Crippen LogP contribution is 2.20. The van der Waals surface area contributed by atoms with E-state index in [9.17, 15) is 4.79 Å². The molecule has 0 aliphatic heterocycles. The van der Waals surface area contributed by atoms with Crippen LogP contribution in [0.3, 0.4) is 0 Å². The van der Waals surface area contributed by atoms with Crippen LogP contribution in [0.2, 0.25) is 0 Å². The van der Waals surface area contributed by atoms with E-state index in [1.807, 2.05) is 37.3 Å². The molecular weight excluding hydrogens is 380 g/mol. The third-order valence-electron chi connectivity index (χ3n) is 4.66. The first-order valence-electron chi connectivity index (χ1n) is 9.28. The van der Waals surface area contributed by atoms with Crippen LogP contribution >= 0.6 is 0 Å². The Morgan fingerprint density at radius 3 is 2.73 bits per heavy atom. The number of nitrogens with one attached hydrogen (secondary N) is 3. The highest BCUT2D eigenvalue weighted by atomic mass is 16.2. The fourth-order valence-corrected chi connectivity index (χ4v) is 3.05. The topological polar surface area (TPSA) is 134 Å². The molecule has 0 fully saturated rings. The van der Waals surface area contributed by atoms with E-state index in [2.05, 4.69) is 25.7 Å². The summed E-state index contributed by atoms with van der Waals surface area (Å²) in [6, 6.07) is 14.1. The average Bonchev–Trinajstić information content (AvgIpc) is 3.22. The van der Waals surface area contributed by atoms with Crippen molar-refractivity contribution in [3.8, 4) is 0 Å². The summed E-state index contributed by atoms with van der Waals surface area (Å²) in [5, 5.41) is 18.0. The zero-order valence-electron chi connectivity index (χ0n) is 16.2. The predicted molar refractivity (Wildman–Crippen MR) is 115 cm³/mol. The number of nitrogens with zero attached hydrogens (tertiary/aromatic N) is 4. The van der Waals surface area contributed by atoms with Gasteiger partial charge in [-0.1, -0.05) is 30.3 Å². The Kier molecular flexibility index (Phi) is 5.08. The van der Waals surface area contributed by atoms with Crippen LogP contribution in [0.25, 0.3) is 5.65 Å². The lowest BCUT2D eigenvalue weighted by Gasteiger charge is -2.15. The maximum Gasteiger partial charge on any atom is 0.320 e. The number of carbonyl (C=O) groups is 1. The minimum Gasteiger partial charge on any atom is -0.398 e. The van der Waals surface area contributed by atoms with Gasteiger partial charge in [-0.3, -0.25) is 10.7 Å². The van der Waals surface area contributed by atoms with Gasteiger partial charge in [-0.2, -0.15) is 5.10 Å². The summed E-state index contributed by atoms with van der Waals surface area (Å²) in [7, 11) is 0. The first-order valence-corrected chi connectivity index (χ1v) is 9.28. The molecule has 1 aromatic carbocycles. The summed E-state index contributed by atoms with van der Waals surface area (Å²) in [4.78, 5) is 20.6. The fourth-order valence-electron chi connectivity index (χ4n) is 3.05. The number of hydrogen-bond donors (Lipinski definition) is 4. The molecule has 5 N–H and O–H groups in total. The molecule has 0 saturated heterocycles. The molecule has 9 heteroatoms. The summed E-state index contributed by atoms with van der Waals surface area (Å²) in [6.07, 6.45) is 4.65. The molecule has 0 bridgehead atoms. The molecular formula is C21H20N8O. The van der Waals surface area contributed by atoms with Crippen LogP contribution in [-0.4, -0.2) is 31.3 Å². The quantitative estimate of drug-likeness (QED) is 0.382. The summed E-state index contributed by atoms with van der Waals surface area (Å²) < 4.78 is 1.61. The van der Waals surface area contributed by atoms with Crippen LogP contribution in [-0.2, 0) is 0 Å². The SMILES string of the molecule is CC(NC(=O)Nc1cc(N)c(C(=N)c2ccn3ncnc3c2)cn1)c1ccccc1. The Morgan fingerprint density at radius 1 is 1.17 bits per heavy atom. The zero-order valence-corrected chi connectivity index (χ0v) is 16.2. The minimum atomic E-state index is -0.390. The summed E-state index contributed by atoms with van der Waals surface area (Å²) >= 11 is 0. The van der Waals surface area contributed by atoms with E-state index < -0.39 is 6.03 Å². The molecule has 3 aromatic heterocycles. The molecule has 30 heavy (non-hydrogen) atoms. The van der Waals surface area contributed by atoms with Gasteiger partial charge in [-0.25, -0.2) is 19.3 Å². The molecule has 0 spiro atoms. The molecule has 2 amide bonds. The lowest BCUT2D eigenvalue weighted by atomic mass is 10.0. The molecule has 0 saturated carbocycles. The maximum absolute atomic E-state index is 12.3. The molecule has 1 unspecified atom stereocenters. The second kappa shape index (κ2) is 8.00. The minimum absolute atomic E-state index is 0.164. The standard InChI is InChI=1S/C21H20N8O/c1-13(14-5-3-2-4-6-14)27-21(30)28-18-10-17(22)16(11-24-18)20(23)15-7-8-29-19(9-15)25-12-26-29/h2-13,23H,1H3,(H4,22,24,27,28,30). The Bertz CT molecular complexity index is 1220. The second-order valence-electron chi connectivity index (χ2n) is 6.74. The number of nitrogens with two attached hydrogens (primary N) is 1. The highest BCUT2D eigenvalue weighted by molar-refractivity contribution is 6.14. The highest BCUT2D eigenvalue weighted by Gasteiger charge is 2.14. The second-order valence-corrected chi connectivity index (χ2v) is 6.74. The van der Waals surface area contributed by atoms with Gasteiger partial charge >= 0.3 is 6.03 Å². The zero-order chi connectivity index (χ0) is 21.1. The predicted octanol–water partition coefficient (Wildman–Crippen LogP) is 3.01. The van der Waals surface area contributed by atoms with Gasteiger partial charge in [-0.15, -0.1) is 0 Å². The van der Waals surface area contributed by atoms with Crippen LogP contribution in [0.1, 0.15) is 29.7 Å². The van der Waals surface area contributed by atoms with E-state index >= 15 is 0 Å². The van der Waals surface area contributed by atoms with E-state index in [1.54, 1.807) is 22.8 Å². The number of benzene rings is 1. The van der Waals surface area contributed by atoms with Crippen molar-refractivity contribution in [3.63, 3.8) is 0 Å². The Morgan fingerprint density at radius 2 is 1.97 bits per heavy atom. The van der Waals surface area contributed by atoms with Crippen molar-refractivity contribution in [2.75, 3.05) is 11.1 Å². The maximum atomic E-state index is 12.3. The van der Waals surface area contributed by atoms with Gasteiger partial charge in [0.25, 0.3) is 0 Å². The number of rotatable bonds is 5. The van der Waals surface area contributed by atoms with Gasteiger partial charge in [0.1, 0.15) is 12.1 Å². The van der Waals surface area contributed by atoms with Crippen LogP contribution in [0.15, 0.2) is 67.3 Å². The van der Waals surface area contributed by atoms with Crippen molar-refractivity contribution in [3.05, 3.63) is 83.9 Å². The molecule has 1 atom stereocenters. The average molecular weight is 400 g/mol. The lowest BCUT2D eigenvalue weighted by molar-refractivity contribution is 0.249. The van der Waals surface area contributed by atoms with Crippen LogP contribution in [0.4, 0.5) is 16.3 Å². The number of carbonyl (C=O) groups excluding carboxylic acids is 1. The number of aromatic nitrogens is 4. The van der Waals surface area contributed by atoms with E-state index in [-0.39, 0.29) is 11.8 Å².